The van der Waals surface area contributed by atoms with Gasteiger partial charge in [0.05, 0.1) is 17.1 Å². The summed E-state index contributed by atoms with van der Waals surface area (Å²) >= 11 is 0. The molecule has 130 valence electrons. The van der Waals surface area contributed by atoms with Gasteiger partial charge in [-0.25, -0.2) is 17.5 Å². The van der Waals surface area contributed by atoms with Crippen LogP contribution < -0.4 is 4.90 Å². The Morgan fingerprint density at radius 2 is 1.88 bits per heavy atom. The maximum Gasteiger partial charge on any atom is 0.242 e. The third-order valence-corrected chi connectivity index (χ3v) is 6.23. The summed E-state index contributed by atoms with van der Waals surface area (Å²) in [7, 11) is -3.71. The summed E-state index contributed by atoms with van der Waals surface area (Å²) in [5.41, 5.74) is 2.00. The molecule has 2 aliphatic heterocycles. The molecule has 0 bridgehead atoms. The molecule has 26 heavy (non-hydrogen) atoms. The quantitative estimate of drug-likeness (QED) is 0.651. The van der Waals surface area contributed by atoms with E-state index in [1.54, 1.807) is 30.3 Å². The van der Waals surface area contributed by atoms with E-state index in [2.05, 4.69) is 10.3 Å². The first kappa shape index (κ1) is 15.2. The molecule has 9 heteroatoms. The Hall–Kier alpha value is -3.07. The number of carbonyl (C=O) groups is 1. The maximum atomic E-state index is 14.3. The summed E-state index contributed by atoms with van der Waals surface area (Å²) in [4.78, 5) is 13.9. The number of amides is 1. The van der Waals surface area contributed by atoms with E-state index >= 15 is 0 Å². The molecule has 0 fully saturated rings. The second-order valence-electron chi connectivity index (χ2n) is 6.14. The number of halogens is 1. The van der Waals surface area contributed by atoms with E-state index in [0.29, 0.717) is 22.6 Å². The number of hydrogen-bond donors (Lipinski definition) is 0. The van der Waals surface area contributed by atoms with Crippen molar-refractivity contribution in [3.05, 3.63) is 54.0 Å². The minimum absolute atomic E-state index is 0.0986. The van der Waals surface area contributed by atoms with Gasteiger partial charge in [-0.1, -0.05) is 29.5 Å². The number of sulfone groups is 1. The fraction of sp³-hybridized carbons (Fsp3) is 0.118. The summed E-state index contributed by atoms with van der Waals surface area (Å²) in [6.45, 7) is 0.0994. The van der Waals surface area contributed by atoms with Crippen LogP contribution in [0.15, 0.2) is 47.4 Å². The molecular formula is C17H11FN4O3S. The largest absolute Gasteiger partial charge is 0.303 e. The Balaban J connectivity index is 1.84. The molecule has 0 spiro atoms. The zero-order chi connectivity index (χ0) is 18.1. The van der Waals surface area contributed by atoms with Crippen molar-refractivity contribution < 1.29 is 17.6 Å². The molecule has 0 N–H and O–H groups in total. The maximum absolute atomic E-state index is 14.3. The van der Waals surface area contributed by atoms with Gasteiger partial charge in [0.25, 0.3) is 0 Å². The Morgan fingerprint density at radius 3 is 2.69 bits per heavy atom. The van der Waals surface area contributed by atoms with E-state index in [1.807, 2.05) is 0 Å². The molecule has 2 aromatic carbocycles. The molecule has 5 rings (SSSR count). The molecular weight excluding hydrogens is 359 g/mol. The van der Waals surface area contributed by atoms with Crippen molar-refractivity contribution in [2.45, 2.75) is 11.4 Å². The van der Waals surface area contributed by atoms with Gasteiger partial charge < -0.3 is 4.90 Å². The van der Waals surface area contributed by atoms with Crippen LogP contribution in [0.25, 0.3) is 16.9 Å². The van der Waals surface area contributed by atoms with Crippen molar-refractivity contribution >= 4 is 21.4 Å². The molecule has 0 saturated heterocycles. The standard InChI is InChI=1S/C17H11FN4O3S/c18-11-5-1-2-6-13(11)22-16-10-4-3-7-14-17(10)21(8-12(16)19-20-22)15(23)9-26(14,24)25/h1-7H,8-9H2. The highest BCUT2D eigenvalue weighted by Crippen LogP contribution is 2.45. The number of fused-ring (bicyclic) bond motifs is 2. The Bertz CT molecular complexity index is 1200. The van der Waals surface area contributed by atoms with Crippen molar-refractivity contribution in [3.8, 4) is 16.9 Å². The van der Waals surface area contributed by atoms with Crippen molar-refractivity contribution in [1.29, 1.82) is 0 Å². The lowest BCUT2D eigenvalue weighted by molar-refractivity contribution is -0.116. The molecule has 1 aromatic heterocycles. The van der Waals surface area contributed by atoms with Gasteiger partial charge in [-0.05, 0) is 18.2 Å². The Labute approximate surface area is 147 Å². The highest BCUT2D eigenvalue weighted by molar-refractivity contribution is 7.92. The molecule has 1 amide bonds. The lowest BCUT2D eigenvalue weighted by atomic mass is 10.0. The number of anilines is 1. The highest BCUT2D eigenvalue weighted by atomic mass is 32.2. The van der Waals surface area contributed by atoms with Gasteiger partial charge in [-0.2, -0.15) is 0 Å². The first-order chi connectivity index (χ1) is 12.5. The van der Waals surface area contributed by atoms with Crippen LogP contribution in [-0.4, -0.2) is 35.1 Å². The molecule has 0 unspecified atom stereocenters. The fourth-order valence-corrected chi connectivity index (χ4v) is 4.92. The van der Waals surface area contributed by atoms with Crippen molar-refractivity contribution in [2.24, 2.45) is 0 Å². The molecule has 0 atom stereocenters. The Morgan fingerprint density at radius 1 is 1.08 bits per heavy atom. The number of hydrogen-bond acceptors (Lipinski definition) is 5. The fourth-order valence-electron chi connectivity index (χ4n) is 3.48. The molecule has 2 aliphatic rings. The van der Waals surface area contributed by atoms with Gasteiger partial charge in [0, 0.05) is 5.56 Å². The van der Waals surface area contributed by atoms with Crippen LogP contribution in [0, 0.1) is 5.82 Å². The van der Waals surface area contributed by atoms with Gasteiger partial charge in [-0.3, -0.25) is 4.79 Å². The van der Waals surface area contributed by atoms with Gasteiger partial charge in [-0.15, -0.1) is 5.10 Å². The van der Waals surface area contributed by atoms with Crippen molar-refractivity contribution in [1.82, 2.24) is 15.0 Å². The average molecular weight is 370 g/mol. The molecule has 0 radical (unpaired) electrons. The number of aromatic nitrogens is 3. The van der Waals surface area contributed by atoms with Crippen LogP contribution in [0.2, 0.25) is 0 Å². The minimum atomic E-state index is -3.71. The van der Waals surface area contributed by atoms with Crippen LogP contribution in [-0.2, 0) is 21.2 Å². The van der Waals surface area contributed by atoms with E-state index in [4.69, 9.17) is 0 Å². The third kappa shape index (κ3) is 1.91. The van der Waals surface area contributed by atoms with Gasteiger partial charge in [0.2, 0.25) is 5.91 Å². The second kappa shape index (κ2) is 4.98. The van der Waals surface area contributed by atoms with Gasteiger partial charge >= 0.3 is 0 Å². The predicted molar refractivity (Wildman–Crippen MR) is 90.0 cm³/mol. The number of nitrogens with zero attached hydrogens (tertiary/aromatic N) is 4. The topological polar surface area (TPSA) is 85.2 Å². The van der Waals surface area contributed by atoms with Gasteiger partial charge in [0.1, 0.15) is 28.6 Å². The molecule has 0 aliphatic carbocycles. The molecule has 3 aromatic rings. The lowest BCUT2D eigenvalue weighted by Gasteiger charge is -2.33. The predicted octanol–water partition coefficient (Wildman–Crippen LogP) is 1.71. The minimum Gasteiger partial charge on any atom is -0.303 e. The SMILES string of the molecule is O=C1CS(=O)(=O)c2cccc3c2N1Cc1nnn(-c2ccccc2F)c1-3. The number of benzene rings is 2. The van der Waals surface area contributed by atoms with E-state index in [1.165, 1.54) is 21.7 Å². The van der Waals surface area contributed by atoms with Gasteiger partial charge in [0.15, 0.2) is 9.84 Å². The van der Waals surface area contributed by atoms with Crippen LogP contribution >= 0.6 is 0 Å². The first-order valence-corrected chi connectivity index (χ1v) is 9.48. The summed E-state index contributed by atoms with van der Waals surface area (Å²) in [5.74, 6) is -1.55. The second-order valence-corrected chi connectivity index (χ2v) is 8.10. The van der Waals surface area contributed by atoms with Crippen LogP contribution in [0.5, 0.6) is 0 Å². The van der Waals surface area contributed by atoms with E-state index < -0.39 is 27.3 Å². The first-order valence-electron chi connectivity index (χ1n) is 7.83. The normalized spacial score (nSPS) is 17.0. The van der Waals surface area contributed by atoms with E-state index in [0.717, 1.165) is 0 Å². The lowest BCUT2D eigenvalue weighted by Crippen LogP contribution is -2.42. The van der Waals surface area contributed by atoms with E-state index in [9.17, 15) is 17.6 Å². The smallest absolute Gasteiger partial charge is 0.242 e. The average Bonchev–Trinajstić information content (AvgIpc) is 3.03. The molecule has 3 heterocycles. The number of rotatable bonds is 1. The van der Waals surface area contributed by atoms with E-state index in [-0.39, 0.29) is 17.1 Å². The summed E-state index contributed by atoms with van der Waals surface area (Å²) in [6, 6.07) is 10.9. The van der Waals surface area contributed by atoms with Crippen LogP contribution in [0.1, 0.15) is 5.69 Å². The zero-order valence-corrected chi connectivity index (χ0v) is 14.1. The van der Waals surface area contributed by atoms with Crippen LogP contribution in [0.3, 0.4) is 0 Å². The van der Waals surface area contributed by atoms with Crippen LogP contribution in [0.4, 0.5) is 10.1 Å². The summed E-state index contributed by atoms with van der Waals surface area (Å²) < 4.78 is 40.5. The van der Waals surface area contributed by atoms with Crippen molar-refractivity contribution in [2.75, 3.05) is 10.7 Å². The highest BCUT2D eigenvalue weighted by Gasteiger charge is 2.41. The Kier molecular flexibility index (Phi) is 2.91. The van der Waals surface area contributed by atoms with Crippen molar-refractivity contribution in [3.63, 3.8) is 0 Å². The summed E-state index contributed by atoms with van der Waals surface area (Å²) in [5, 5.41) is 8.15. The number of para-hydroxylation sites is 2. The zero-order valence-electron chi connectivity index (χ0n) is 13.3. The summed E-state index contributed by atoms with van der Waals surface area (Å²) in [6.07, 6.45) is 0. The monoisotopic (exact) mass is 370 g/mol. The molecule has 0 saturated carbocycles. The number of carbonyl (C=O) groups excluding carboxylic acids is 1. The third-order valence-electron chi connectivity index (χ3n) is 4.60. The molecule has 7 nitrogen and oxygen atoms in total.